The number of nitrogens with one attached hydrogen (secondary N) is 2. The van der Waals surface area contributed by atoms with Crippen LogP contribution in [0, 0.1) is 12.3 Å². The van der Waals surface area contributed by atoms with E-state index in [4.69, 9.17) is 9.84 Å². The number of carboxylic acid groups (broad SMARTS) is 1. The average Bonchev–Trinajstić information content (AvgIpc) is 2.41. The number of aliphatic carboxylic acids is 1. The van der Waals surface area contributed by atoms with Gasteiger partial charge in [0.2, 0.25) is 5.91 Å². The summed E-state index contributed by atoms with van der Waals surface area (Å²) in [7, 11) is 0. The van der Waals surface area contributed by atoms with Crippen LogP contribution in [-0.2, 0) is 14.3 Å². The van der Waals surface area contributed by atoms with E-state index in [0.29, 0.717) is 16.9 Å². The molecule has 0 fully saturated rings. The standard InChI is InChI=1S/C17H24N2O5/c1-5-24-16(23)19-13-8-6-7-12(11(13)2)18-14(20)9-17(3,4)10-15(21)22/h6-8H,5,9-10H2,1-4H3,(H,18,20)(H,19,23)(H,21,22). The Kier molecular flexibility index (Phi) is 6.76. The second kappa shape index (κ2) is 8.33. The normalized spacial score (nSPS) is 10.8. The zero-order chi connectivity index (χ0) is 18.3. The summed E-state index contributed by atoms with van der Waals surface area (Å²) < 4.78 is 4.83. The smallest absolute Gasteiger partial charge is 0.411 e. The summed E-state index contributed by atoms with van der Waals surface area (Å²) in [5.74, 6) is -1.22. The van der Waals surface area contributed by atoms with E-state index in [1.165, 1.54) is 0 Å². The third-order valence-corrected chi connectivity index (χ3v) is 3.39. The number of carboxylic acids is 1. The lowest BCUT2D eigenvalue weighted by Gasteiger charge is -2.22. The van der Waals surface area contributed by atoms with Gasteiger partial charge < -0.3 is 15.2 Å². The quantitative estimate of drug-likeness (QED) is 0.708. The molecule has 24 heavy (non-hydrogen) atoms. The number of rotatable bonds is 7. The molecule has 0 saturated heterocycles. The van der Waals surface area contributed by atoms with Crippen LogP contribution in [0.25, 0.3) is 0 Å². The highest BCUT2D eigenvalue weighted by Gasteiger charge is 2.25. The number of anilines is 2. The molecule has 132 valence electrons. The molecule has 0 aliphatic carbocycles. The predicted molar refractivity (Wildman–Crippen MR) is 91.1 cm³/mol. The predicted octanol–water partition coefficient (Wildman–Crippen LogP) is 3.39. The van der Waals surface area contributed by atoms with Gasteiger partial charge >= 0.3 is 12.1 Å². The second-order valence-electron chi connectivity index (χ2n) is 6.28. The molecule has 0 aliphatic rings. The molecule has 1 aromatic rings. The van der Waals surface area contributed by atoms with Crippen LogP contribution in [0.5, 0.6) is 0 Å². The van der Waals surface area contributed by atoms with Crippen molar-refractivity contribution in [1.29, 1.82) is 0 Å². The van der Waals surface area contributed by atoms with Crippen LogP contribution in [0.4, 0.5) is 16.2 Å². The summed E-state index contributed by atoms with van der Waals surface area (Å²) in [5.41, 5.74) is 1.14. The summed E-state index contributed by atoms with van der Waals surface area (Å²) in [6.07, 6.45) is -0.579. The maximum absolute atomic E-state index is 12.2. The molecule has 2 amide bonds. The van der Waals surface area contributed by atoms with Crippen molar-refractivity contribution in [3.63, 3.8) is 0 Å². The fraction of sp³-hybridized carbons (Fsp3) is 0.471. The first-order chi connectivity index (χ1) is 11.1. The van der Waals surface area contributed by atoms with Crippen LogP contribution in [0.1, 0.15) is 39.2 Å². The van der Waals surface area contributed by atoms with Crippen molar-refractivity contribution in [2.24, 2.45) is 5.41 Å². The minimum Gasteiger partial charge on any atom is -0.481 e. The maximum Gasteiger partial charge on any atom is 0.411 e. The van der Waals surface area contributed by atoms with Crippen molar-refractivity contribution in [2.45, 2.75) is 40.5 Å². The summed E-state index contributed by atoms with van der Waals surface area (Å²) in [6.45, 7) is 7.19. The van der Waals surface area contributed by atoms with Gasteiger partial charge in [0.05, 0.1) is 13.0 Å². The molecule has 0 aliphatic heterocycles. The Bertz CT molecular complexity index is 625. The Morgan fingerprint density at radius 2 is 1.71 bits per heavy atom. The van der Waals surface area contributed by atoms with Gasteiger partial charge in [0.1, 0.15) is 0 Å². The minimum absolute atomic E-state index is 0.0777. The number of ether oxygens (including phenoxy) is 1. The van der Waals surface area contributed by atoms with Gasteiger partial charge in [-0.05, 0) is 37.0 Å². The Balaban J connectivity index is 2.79. The molecule has 0 atom stereocenters. The first-order valence-electron chi connectivity index (χ1n) is 7.69. The van der Waals surface area contributed by atoms with E-state index >= 15 is 0 Å². The Morgan fingerprint density at radius 1 is 1.12 bits per heavy atom. The fourth-order valence-corrected chi connectivity index (χ4v) is 2.28. The number of benzene rings is 1. The van der Waals surface area contributed by atoms with Crippen LogP contribution >= 0.6 is 0 Å². The van der Waals surface area contributed by atoms with Gasteiger partial charge in [0, 0.05) is 17.8 Å². The molecule has 7 nitrogen and oxygen atoms in total. The van der Waals surface area contributed by atoms with Gasteiger partial charge in [-0.3, -0.25) is 14.9 Å². The van der Waals surface area contributed by atoms with Crippen molar-refractivity contribution < 1.29 is 24.2 Å². The first kappa shape index (κ1) is 19.5. The van der Waals surface area contributed by atoms with Gasteiger partial charge in [-0.2, -0.15) is 0 Å². The van der Waals surface area contributed by atoms with Crippen molar-refractivity contribution in [2.75, 3.05) is 17.2 Å². The van der Waals surface area contributed by atoms with Gasteiger partial charge in [0.25, 0.3) is 0 Å². The molecule has 0 spiro atoms. The summed E-state index contributed by atoms with van der Waals surface area (Å²) in [6, 6.07) is 5.12. The largest absolute Gasteiger partial charge is 0.481 e. The third kappa shape index (κ3) is 6.28. The van der Waals surface area contributed by atoms with Crippen molar-refractivity contribution >= 4 is 29.3 Å². The molecular weight excluding hydrogens is 312 g/mol. The topological polar surface area (TPSA) is 105 Å². The van der Waals surface area contributed by atoms with Gasteiger partial charge in [-0.15, -0.1) is 0 Å². The SMILES string of the molecule is CCOC(=O)Nc1cccc(NC(=O)CC(C)(C)CC(=O)O)c1C. The van der Waals surface area contributed by atoms with Crippen LogP contribution in [0.15, 0.2) is 18.2 Å². The molecule has 7 heteroatoms. The maximum atomic E-state index is 12.2. The summed E-state index contributed by atoms with van der Waals surface area (Å²) in [5, 5.41) is 14.2. The Labute approximate surface area is 141 Å². The molecule has 0 aromatic heterocycles. The molecule has 0 saturated carbocycles. The summed E-state index contributed by atoms with van der Waals surface area (Å²) >= 11 is 0. The number of hydrogen-bond acceptors (Lipinski definition) is 4. The van der Waals surface area contributed by atoms with E-state index in [0.717, 1.165) is 0 Å². The molecule has 0 bridgehead atoms. The van der Waals surface area contributed by atoms with Crippen LogP contribution in [0.2, 0.25) is 0 Å². The average molecular weight is 336 g/mol. The van der Waals surface area contributed by atoms with Crippen LogP contribution < -0.4 is 10.6 Å². The van der Waals surface area contributed by atoms with E-state index in [2.05, 4.69) is 10.6 Å². The van der Waals surface area contributed by atoms with Crippen LogP contribution in [0.3, 0.4) is 0 Å². The molecule has 3 N–H and O–H groups in total. The van der Waals surface area contributed by atoms with Gasteiger partial charge in [-0.1, -0.05) is 19.9 Å². The molecule has 0 heterocycles. The van der Waals surface area contributed by atoms with Crippen molar-refractivity contribution in [3.05, 3.63) is 23.8 Å². The highest BCUT2D eigenvalue weighted by molar-refractivity contribution is 5.94. The minimum atomic E-state index is -0.940. The number of hydrogen-bond donors (Lipinski definition) is 3. The highest BCUT2D eigenvalue weighted by Crippen LogP contribution is 2.27. The molecule has 0 radical (unpaired) electrons. The lowest BCUT2D eigenvalue weighted by Crippen LogP contribution is -2.25. The third-order valence-electron chi connectivity index (χ3n) is 3.39. The molecule has 1 aromatic carbocycles. The van der Waals surface area contributed by atoms with E-state index < -0.39 is 17.5 Å². The number of amides is 2. The molecule has 1 rings (SSSR count). The van der Waals surface area contributed by atoms with Gasteiger partial charge in [0.15, 0.2) is 0 Å². The highest BCUT2D eigenvalue weighted by atomic mass is 16.5. The van der Waals surface area contributed by atoms with E-state index in [1.807, 2.05) is 0 Å². The summed E-state index contributed by atoms with van der Waals surface area (Å²) in [4.78, 5) is 34.5. The second-order valence-corrected chi connectivity index (χ2v) is 6.28. The van der Waals surface area contributed by atoms with Crippen molar-refractivity contribution in [3.8, 4) is 0 Å². The lowest BCUT2D eigenvalue weighted by molar-refractivity contribution is -0.139. The zero-order valence-corrected chi connectivity index (χ0v) is 14.4. The van der Waals surface area contributed by atoms with Crippen LogP contribution in [-0.4, -0.2) is 29.7 Å². The number of carbonyl (C=O) groups is 3. The monoisotopic (exact) mass is 336 g/mol. The van der Waals surface area contributed by atoms with E-state index in [9.17, 15) is 14.4 Å². The zero-order valence-electron chi connectivity index (χ0n) is 14.4. The van der Waals surface area contributed by atoms with E-state index in [-0.39, 0.29) is 25.4 Å². The Morgan fingerprint density at radius 3 is 2.25 bits per heavy atom. The van der Waals surface area contributed by atoms with E-state index in [1.54, 1.807) is 45.9 Å². The Hall–Kier alpha value is -2.57. The molecular formula is C17H24N2O5. The first-order valence-corrected chi connectivity index (χ1v) is 7.69. The lowest BCUT2D eigenvalue weighted by atomic mass is 9.85. The fourth-order valence-electron chi connectivity index (χ4n) is 2.28. The van der Waals surface area contributed by atoms with Crippen molar-refractivity contribution in [1.82, 2.24) is 0 Å². The molecule has 0 unspecified atom stereocenters. The van der Waals surface area contributed by atoms with Gasteiger partial charge in [-0.25, -0.2) is 4.79 Å². The number of carbonyl (C=O) groups excluding carboxylic acids is 2.